The summed E-state index contributed by atoms with van der Waals surface area (Å²) in [5.41, 5.74) is 2.02. The molecule has 0 saturated carbocycles. The van der Waals surface area contributed by atoms with Crippen LogP contribution >= 0.6 is 11.6 Å². The van der Waals surface area contributed by atoms with E-state index in [9.17, 15) is 0 Å². The lowest BCUT2D eigenvalue weighted by Gasteiger charge is -2.03. The van der Waals surface area contributed by atoms with Crippen LogP contribution < -0.4 is 4.74 Å². The number of alkyl halides is 1. The van der Waals surface area contributed by atoms with E-state index in [1.54, 1.807) is 0 Å². The molecule has 0 spiro atoms. The molecular weight excluding hydrogens is 224 g/mol. The van der Waals surface area contributed by atoms with Crippen LogP contribution in [0.4, 0.5) is 0 Å². The number of hydrogen-bond acceptors (Lipinski definition) is 2. The molecule has 1 aromatic heterocycles. The molecule has 0 aliphatic carbocycles. The highest BCUT2D eigenvalue weighted by molar-refractivity contribution is 6.16. The molecule has 0 radical (unpaired) electrons. The number of hydrogen-bond donors (Lipinski definition) is 0. The summed E-state index contributed by atoms with van der Waals surface area (Å²) in [5.74, 6) is 2.17. The zero-order valence-electron chi connectivity index (χ0n) is 9.53. The van der Waals surface area contributed by atoms with E-state index in [2.05, 4.69) is 11.9 Å². The summed E-state index contributed by atoms with van der Waals surface area (Å²) in [7, 11) is 1.97. The van der Waals surface area contributed by atoms with Gasteiger partial charge in [0.15, 0.2) is 0 Å². The Labute approximate surface area is 100.0 Å². The summed E-state index contributed by atoms with van der Waals surface area (Å²) < 4.78 is 7.57. The fourth-order valence-electron chi connectivity index (χ4n) is 1.66. The van der Waals surface area contributed by atoms with Gasteiger partial charge in [0.25, 0.3) is 0 Å². The number of aromatic nitrogens is 2. The summed E-state index contributed by atoms with van der Waals surface area (Å²) in [5, 5.41) is 0. The van der Waals surface area contributed by atoms with Gasteiger partial charge >= 0.3 is 0 Å². The SMILES string of the molecule is CCCOc1ccc2c(c1)nc(CCl)n2C. The maximum absolute atomic E-state index is 5.81. The summed E-state index contributed by atoms with van der Waals surface area (Å²) in [6, 6.07) is 5.95. The lowest BCUT2D eigenvalue weighted by Crippen LogP contribution is -1.95. The number of halogens is 1. The van der Waals surface area contributed by atoms with Gasteiger partial charge < -0.3 is 9.30 Å². The Morgan fingerprint density at radius 2 is 2.25 bits per heavy atom. The molecule has 0 atom stereocenters. The van der Waals surface area contributed by atoms with Crippen LogP contribution in [0, 0.1) is 0 Å². The first-order valence-electron chi connectivity index (χ1n) is 5.40. The average Bonchev–Trinajstić information content (AvgIpc) is 2.63. The first-order chi connectivity index (χ1) is 7.76. The second-order valence-electron chi connectivity index (χ2n) is 3.72. The molecule has 0 saturated heterocycles. The van der Waals surface area contributed by atoms with Gasteiger partial charge in [-0.3, -0.25) is 0 Å². The Kier molecular flexibility index (Phi) is 3.34. The van der Waals surface area contributed by atoms with Gasteiger partial charge in [-0.1, -0.05) is 6.92 Å². The Balaban J connectivity index is 2.38. The van der Waals surface area contributed by atoms with Gasteiger partial charge in [0.2, 0.25) is 0 Å². The molecule has 0 unspecified atom stereocenters. The molecule has 16 heavy (non-hydrogen) atoms. The van der Waals surface area contributed by atoms with Gasteiger partial charge in [-0.25, -0.2) is 4.98 Å². The Hall–Kier alpha value is -1.22. The molecule has 0 aliphatic heterocycles. The smallest absolute Gasteiger partial charge is 0.124 e. The molecular formula is C12H15ClN2O. The summed E-state index contributed by atoms with van der Waals surface area (Å²) in [6.07, 6.45) is 1.01. The molecule has 1 heterocycles. The number of aryl methyl sites for hydroxylation is 1. The van der Waals surface area contributed by atoms with Gasteiger partial charge in [0.05, 0.1) is 23.5 Å². The highest BCUT2D eigenvalue weighted by Gasteiger charge is 2.07. The lowest BCUT2D eigenvalue weighted by atomic mass is 10.3. The second-order valence-corrected chi connectivity index (χ2v) is 3.99. The van der Waals surface area contributed by atoms with Gasteiger partial charge in [-0.15, -0.1) is 11.6 Å². The minimum absolute atomic E-state index is 0.427. The van der Waals surface area contributed by atoms with Crippen LogP contribution in [0.1, 0.15) is 19.2 Å². The predicted molar refractivity (Wildman–Crippen MR) is 66.1 cm³/mol. The first kappa shape index (κ1) is 11.3. The second kappa shape index (κ2) is 4.74. The van der Waals surface area contributed by atoms with E-state index < -0.39 is 0 Å². The van der Waals surface area contributed by atoms with Crippen molar-refractivity contribution < 1.29 is 4.74 Å². The number of fused-ring (bicyclic) bond motifs is 1. The maximum atomic E-state index is 5.81. The van der Waals surface area contributed by atoms with Crippen LogP contribution in [0.3, 0.4) is 0 Å². The number of ether oxygens (including phenoxy) is 1. The molecule has 4 heteroatoms. The molecule has 1 aromatic carbocycles. The van der Waals surface area contributed by atoms with Crippen molar-refractivity contribution in [1.82, 2.24) is 9.55 Å². The fraction of sp³-hybridized carbons (Fsp3) is 0.417. The van der Waals surface area contributed by atoms with Crippen molar-refractivity contribution in [2.75, 3.05) is 6.61 Å². The van der Waals surface area contributed by atoms with Crippen molar-refractivity contribution >= 4 is 22.6 Å². The molecule has 0 bridgehead atoms. The van der Waals surface area contributed by atoms with E-state index in [4.69, 9.17) is 16.3 Å². The quantitative estimate of drug-likeness (QED) is 0.766. The van der Waals surface area contributed by atoms with E-state index in [1.165, 1.54) is 0 Å². The molecule has 2 rings (SSSR count). The monoisotopic (exact) mass is 238 g/mol. The zero-order valence-corrected chi connectivity index (χ0v) is 10.3. The maximum Gasteiger partial charge on any atom is 0.124 e. The Bertz CT molecular complexity index is 493. The first-order valence-corrected chi connectivity index (χ1v) is 5.93. The van der Waals surface area contributed by atoms with Crippen molar-refractivity contribution in [3.8, 4) is 5.75 Å². The normalized spacial score (nSPS) is 10.9. The standard InChI is InChI=1S/C12H15ClN2O/c1-3-6-16-9-4-5-11-10(7-9)14-12(8-13)15(11)2/h4-5,7H,3,6,8H2,1-2H3. The molecule has 3 nitrogen and oxygen atoms in total. The van der Waals surface area contributed by atoms with Gasteiger partial charge in [0, 0.05) is 13.1 Å². The third kappa shape index (κ3) is 2.00. The summed E-state index contributed by atoms with van der Waals surface area (Å²) in [4.78, 5) is 4.45. The number of nitrogens with zero attached hydrogens (tertiary/aromatic N) is 2. The predicted octanol–water partition coefficient (Wildman–Crippen LogP) is 3.10. The van der Waals surface area contributed by atoms with Gasteiger partial charge in [-0.2, -0.15) is 0 Å². The van der Waals surface area contributed by atoms with E-state index in [1.807, 2.05) is 29.8 Å². The molecule has 0 fully saturated rings. The number of benzene rings is 1. The highest BCUT2D eigenvalue weighted by Crippen LogP contribution is 2.21. The van der Waals surface area contributed by atoms with E-state index in [0.29, 0.717) is 5.88 Å². The van der Waals surface area contributed by atoms with Crippen molar-refractivity contribution in [1.29, 1.82) is 0 Å². The molecule has 0 N–H and O–H groups in total. The Morgan fingerprint density at radius 1 is 1.44 bits per heavy atom. The molecule has 86 valence electrons. The van der Waals surface area contributed by atoms with Crippen LogP contribution in [-0.2, 0) is 12.9 Å². The minimum Gasteiger partial charge on any atom is -0.494 e. The summed E-state index contributed by atoms with van der Waals surface area (Å²) in [6.45, 7) is 2.83. The van der Waals surface area contributed by atoms with E-state index in [-0.39, 0.29) is 0 Å². The van der Waals surface area contributed by atoms with E-state index in [0.717, 1.165) is 35.6 Å². The largest absolute Gasteiger partial charge is 0.494 e. The number of imidazole rings is 1. The average molecular weight is 239 g/mol. The van der Waals surface area contributed by atoms with Crippen LogP contribution in [0.15, 0.2) is 18.2 Å². The molecule has 2 aromatic rings. The lowest BCUT2D eigenvalue weighted by molar-refractivity contribution is 0.318. The molecule has 0 aliphatic rings. The Morgan fingerprint density at radius 3 is 2.94 bits per heavy atom. The number of rotatable bonds is 4. The third-order valence-corrected chi connectivity index (χ3v) is 2.78. The van der Waals surface area contributed by atoms with Crippen molar-refractivity contribution in [3.63, 3.8) is 0 Å². The van der Waals surface area contributed by atoms with Crippen molar-refractivity contribution in [3.05, 3.63) is 24.0 Å². The van der Waals surface area contributed by atoms with Crippen LogP contribution in [-0.4, -0.2) is 16.2 Å². The zero-order chi connectivity index (χ0) is 11.5. The van der Waals surface area contributed by atoms with Gasteiger partial charge in [0.1, 0.15) is 11.6 Å². The van der Waals surface area contributed by atoms with E-state index >= 15 is 0 Å². The molecule has 0 amide bonds. The highest BCUT2D eigenvalue weighted by atomic mass is 35.5. The summed E-state index contributed by atoms with van der Waals surface area (Å²) >= 11 is 5.81. The van der Waals surface area contributed by atoms with Crippen molar-refractivity contribution in [2.45, 2.75) is 19.2 Å². The fourth-order valence-corrected chi connectivity index (χ4v) is 1.90. The van der Waals surface area contributed by atoms with Crippen molar-refractivity contribution in [2.24, 2.45) is 7.05 Å². The van der Waals surface area contributed by atoms with Crippen LogP contribution in [0.5, 0.6) is 5.75 Å². The topological polar surface area (TPSA) is 27.1 Å². The van der Waals surface area contributed by atoms with Crippen LogP contribution in [0.2, 0.25) is 0 Å². The van der Waals surface area contributed by atoms with Gasteiger partial charge in [-0.05, 0) is 18.6 Å². The minimum atomic E-state index is 0.427. The van der Waals surface area contributed by atoms with Crippen LogP contribution in [0.25, 0.3) is 11.0 Å². The third-order valence-electron chi connectivity index (χ3n) is 2.54.